The van der Waals surface area contributed by atoms with Crippen molar-refractivity contribution in [3.8, 4) is 0 Å². The second kappa shape index (κ2) is 9.11. The topological polar surface area (TPSA) is 66.9 Å². The number of carbonyl (C=O) groups excluding carboxylic acids is 1. The smallest absolute Gasteiger partial charge is 0.230 e. The molecule has 1 aromatic heterocycles. The fourth-order valence-corrected chi connectivity index (χ4v) is 4.02. The fourth-order valence-electron chi connectivity index (χ4n) is 2.02. The zero-order valence-electron chi connectivity index (χ0n) is 13.4. The lowest BCUT2D eigenvalue weighted by Crippen LogP contribution is -2.24. The molecule has 9 heteroatoms. The molecule has 0 saturated carbocycles. The number of carbonyl (C=O) groups is 1. The maximum atomic E-state index is 13.5. The molecule has 0 aliphatic carbocycles. The molecule has 3 rings (SSSR count). The van der Waals surface area contributed by atoms with E-state index in [1.807, 2.05) is 24.3 Å². The van der Waals surface area contributed by atoms with Crippen LogP contribution in [0.15, 0.2) is 57.3 Å². The van der Waals surface area contributed by atoms with Gasteiger partial charge in [0.15, 0.2) is 4.34 Å². The van der Waals surface area contributed by atoms with Crippen LogP contribution in [0, 0.1) is 5.82 Å². The van der Waals surface area contributed by atoms with Crippen LogP contribution in [0.5, 0.6) is 0 Å². The van der Waals surface area contributed by atoms with Gasteiger partial charge in [0.1, 0.15) is 5.82 Å². The Morgan fingerprint density at radius 3 is 2.85 bits per heavy atom. The number of aromatic nitrogens is 2. The lowest BCUT2D eigenvalue weighted by atomic mass is 10.2. The van der Waals surface area contributed by atoms with Gasteiger partial charge in [-0.1, -0.05) is 63.3 Å². The van der Waals surface area contributed by atoms with Crippen LogP contribution < -0.4 is 10.6 Å². The van der Waals surface area contributed by atoms with E-state index in [1.54, 1.807) is 18.2 Å². The number of halogens is 2. The zero-order valence-corrected chi connectivity index (χ0v) is 16.6. The normalized spacial score (nSPS) is 10.5. The summed E-state index contributed by atoms with van der Waals surface area (Å²) in [5.74, 6) is -0.317. The minimum atomic E-state index is -0.326. The lowest BCUT2D eigenvalue weighted by molar-refractivity contribution is -0.118. The molecule has 1 heterocycles. The van der Waals surface area contributed by atoms with Crippen LogP contribution in [0.2, 0.25) is 0 Å². The highest BCUT2D eigenvalue weighted by Gasteiger charge is 2.09. The van der Waals surface area contributed by atoms with Gasteiger partial charge in [0, 0.05) is 22.3 Å². The van der Waals surface area contributed by atoms with Crippen LogP contribution in [0.25, 0.3) is 0 Å². The summed E-state index contributed by atoms with van der Waals surface area (Å²) in [4.78, 5) is 11.9. The maximum absolute atomic E-state index is 13.5. The molecule has 0 bridgehead atoms. The number of nitrogens with one attached hydrogen (secondary N) is 2. The van der Waals surface area contributed by atoms with E-state index in [0.717, 1.165) is 10.2 Å². The number of amides is 1. The number of hydrogen-bond donors (Lipinski definition) is 2. The number of benzene rings is 2. The monoisotopic (exact) mass is 452 g/mol. The summed E-state index contributed by atoms with van der Waals surface area (Å²) in [6.45, 7) is 0.165. The van der Waals surface area contributed by atoms with E-state index < -0.39 is 0 Å². The average molecular weight is 453 g/mol. The third kappa shape index (κ3) is 5.52. The van der Waals surface area contributed by atoms with Crippen molar-refractivity contribution < 1.29 is 9.18 Å². The predicted molar refractivity (Wildman–Crippen MR) is 106 cm³/mol. The highest BCUT2D eigenvalue weighted by atomic mass is 79.9. The fraction of sp³-hybridized carbons (Fsp3) is 0.118. The second-order valence-electron chi connectivity index (χ2n) is 5.17. The van der Waals surface area contributed by atoms with Gasteiger partial charge in [-0.15, -0.1) is 10.2 Å². The van der Waals surface area contributed by atoms with Gasteiger partial charge in [0.25, 0.3) is 0 Å². The van der Waals surface area contributed by atoms with Crippen molar-refractivity contribution in [2.45, 2.75) is 10.9 Å². The number of thioether (sulfide) groups is 1. The number of rotatable bonds is 7. The van der Waals surface area contributed by atoms with E-state index in [4.69, 9.17) is 0 Å². The van der Waals surface area contributed by atoms with Gasteiger partial charge < -0.3 is 10.6 Å². The Hall–Kier alpha value is -1.97. The zero-order chi connectivity index (χ0) is 18.4. The molecular formula is C17H14BrFN4OS2. The molecule has 0 fully saturated rings. The van der Waals surface area contributed by atoms with Crippen molar-refractivity contribution in [1.82, 2.24) is 15.5 Å². The molecule has 0 spiro atoms. The van der Waals surface area contributed by atoms with Crippen LogP contribution in [-0.4, -0.2) is 21.9 Å². The Labute approximate surface area is 166 Å². The molecule has 0 aliphatic rings. The van der Waals surface area contributed by atoms with Crippen molar-refractivity contribution in [2.24, 2.45) is 0 Å². The Kier molecular flexibility index (Phi) is 6.59. The average Bonchev–Trinajstić information content (AvgIpc) is 3.07. The van der Waals surface area contributed by atoms with Crippen LogP contribution in [-0.2, 0) is 11.3 Å². The minimum Gasteiger partial charge on any atom is -0.351 e. The summed E-state index contributed by atoms with van der Waals surface area (Å²) >= 11 is 6.07. The van der Waals surface area contributed by atoms with E-state index in [-0.39, 0.29) is 24.0 Å². The third-order valence-electron chi connectivity index (χ3n) is 3.24. The molecule has 0 radical (unpaired) electrons. The first-order chi connectivity index (χ1) is 12.6. The van der Waals surface area contributed by atoms with Crippen molar-refractivity contribution in [2.75, 3.05) is 11.1 Å². The number of hydrogen-bond acceptors (Lipinski definition) is 6. The standard InChI is InChI=1S/C17H14BrFN4OS2/c18-12-5-3-6-13(8-12)21-16-22-23-17(26-16)25-10-15(24)20-9-11-4-1-2-7-14(11)19/h1-8H,9-10H2,(H,20,24)(H,21,22). The van der Waals surface area contributed by atoms with Crippen molar-refractivity contribution in [3.63, 3.8) is 0 Å². The first-order valence-electron chi connectivity index (χ1n) is 7.59. The first-order valence-corrected chi connectivity index (χ1v) is 10.2. The summed E-state index contributed by atoms with van der Waals surface area (Å²) in [7, 11) is 0. The molecule has 0 unspecified atom stereocenters. The quantitative estimate of drug-likeness (QED) is 0.513. The first kappa shape index (κ1) is 18.8. The van der Waals surface area contributed by atoms with Gasteiger partial charge >= 0.3 is 0 Å². The van der Waals surface area contributed by atoms with E-state index >= 15 is 0 Å². The minimum absolute atomic E-state index is 0.165. The van der Waals surface area contributed by atoms with E-state index in [1.165, 1.54) is 29.2 Å². The summed E-state index contributed by atoms with van der Waals surface area (Å²) in [5, 5.41) is 14.6. The highest BCUT2D eigenvalue weighted by molar-refractivity contribution is 9.10. The van der Waals surface area contributed by atoms with Gasteiger partial charge in [0.05, 0.1) is 5.75 Å². The van der Waals surface area contributed by atoms with Crippen molar-refractivity contribution in [3.05, 3.63) is 64.4 Å². The largest absolute Gasteiger partial charge is 0.351 e. The van der Waals surface area contributed by atoms with Crippen molar-refractivity contribution >= 4 is 55.8 Å². The van der Waals surface area contributed by atoms with Gasteiger partial charge in [-0.05, 0) is 24.3 Å². The van der Waals surface area contributed by atoms with Crippen molar-refractivity contribution in [1.29, 1.82) is 0 Å². The molecule has 0 aliphatic heterocycles. The Bertz CT molecular complexity index is 906. The maximum Gasteiger partial charge on any atom is 0.230 e. The Balaban J connectivity index is 1.47. The summed E-state index contributed by atoms with van der Waals surface area (Å²) in [5.41, 5.74) is 1.36. The number of anilines is 2. The van der Waals surface area contributed by atoms with Gasteiger partial charge in [0.2, 0.25) is 11.0 Å². The molecule has 0 atom stereocenters. The molecule has 2 N–H and O–H groups in total. The van der Waals surface area contributed by atoms with Crippen LogP contribution in [0.4, 0.5) is 15.2 Å². The van der Waals surface area contributed by atoms with Gasteiger partial charge in [-0.25, -0.2) is 4.39 Å². The molecule has 3 aromatic rings. The summed E-state index contributed by atoms with van der Waals surface area (Å²) in [6, 6.07) is 14.1. The van der Waals surface area contributed by atoms with Crippen LogP contribution in [0.3, 0.4) is 0 Å². The van der Waals surface area contributed by atoms with E-state index in [9.17, 15) is 9.18 Å². The molecule has 134 valence electrons. The third-order valence-corrected chi connectivity index (χ3v) is 5.71. The van der Waals surface area contributed by atoms with Crippen LogP contribution >= 0.6 is 39.0 Å². The van der Waals surface area contributed by atoms with Gasteiger partial charge in [-0.2, -0.15) is 0 Å². The SMILES string of the molecule is O=C(CSc1nnc(Nc2cccc(Br)c2)s1)NCc1ccccc1F. The Morgan fingerprint density at radius 2 is 2.04 bits per heavy atom. The Morgan fingerprint density at radius 1 is 1.19 bits per heavy atom. The molecular weight excluding hydrogens is 439 g/mol. The molecule has 2 aromatic carbocycles. The second-order valence-corrected chi connectivity index (χ2v) is 8.28. The number of nitrogens with zero attached hydrogens (tertiary/aromatic N) is 2. The van der Waals surface area contributed by atoms with Crippen LogP contribution in [0.1, 0.15) is 5.56 Å². The summed E-state index contributed by atoms with van der Waals surface area (Å²) < 4.78 is 15.2. The lowest BCUT2D eigenvalue weighted by Gasteiger charge is -2.05. The molecule has 1 amide bonds. The highest BCUT2D eigenvalue weighted by Crippen LogP contribution is 2.28. The molecule has 5 nitrogen and oxygen atoms in total. The molecule has 26 heavy (non-hydrogen) atoms. The van der Waals surface area contributed by atoms with E-state index in [2.05, 4.69) is 36.8 Å². The van der Waals surface area contributed by atoms with Gasteiger partial charge in [-0.3, -0.25) is 4.79 Å². The van der Waals surface area contributed by atoms with E-state index in [0.29, 0.717) is 15.0 Å². The summed E-state index contributed by atoms with van der Waals surface area (Å²) in [6.07, 6.45) is 0. The predicted octanol–water partition coefficient (Wildman–Crippen LogP) is 4.59. The molecule has 0 saturated heterocycles.